The van der Waals surface area contributed by atoms with Crippen molar-refractivity contribution in [2.75, 3.05) is 0 Å². The molecule has 2 nitrogen and oxygen atoms in total. The van der Waals surface area contributed by atoms with Crippen LogP contribution >= 0.6 is 8.69 Å². The van der Waals surface area contributed by atoms with Crippen molar-refractivity contribution in [3.63, 3.8) is 0 Å². The molecule has 0 bridgehead atoms. The first kappa shape index (κ1) is 8.83. The Labute approximate surface area is 28.4 Å². The fourth-order valence-electron chi connectivity index (χ4n) is 0. The first-order valence-corrected chi connectivity index (χ1v) is 2.11. The van der Waals surface area contributed by atoms with Gasteiger partial charge in [0, 0.05) is 8.69 Å². The topological polar surface area (TPSA) is 54.9 Å². The molecule has 0 aliphatic rings. The zero-order valence-corrected chi connectivity index (χ0v) is 3.62. The quantitative estimate of drug-likeness (QED) is 0.314. The Morgan fingerprint density at radius 3 is 1.75 bits per heavy atom. The first-order valence-electron chi connectivity index (χ1n) is 0.704. The molecule has 0 saturated heterocycles. The van der Waals surface area contributed by atoms with Crippen molar-refractivity contribution in [3.05, 3.63) is 0 Å². The Bertz CT molecular complexity index is 8.00. The third-order valence-corrected chi connectivity index (χ3v) is 0. The van der Waals surface area contributed by atoms with Gasteiger partial charge in [0.25, 0.3) is 0 Å². The molecule has 0 aliphatic carbocycles. The van der Waals surface area contributed by atoms with E-state index in [1.54, 1.807) is 7.57 Å². The van der Waals surface area contributed by atoms with E-state index in [1.807, 2.05) is 0 Å². The Morgan fingerprint density at radius 1 is 1.75 bits per heavy atom. The predicted molar refractivity (Wildman–Crippen MR) is 22.6 cm³/mol. The van der Waals surface area contributed by atoms with Gasteiger partial charge in [-0.25, -0.2) is 4.89 Å². The summed E-state index contributed by atoms with van der Waals surface area (Å²) in [6.45, 7) is 0. The fourth-order valence-corrected chi connectivity index (χ4v) is 0. The molecule has 0 aromatic rings. The van der Waals surface area contributed by atoms with E-state index in [0.717, 1.165) is 0 Å². The SMILES string of the molecule is BP[O].N. The van der Waals surface area contributed by atoms with Crippen LogP contribution in [0.1, 0.15) is 0 Å². The summed E-state index contributed by atoms with van der Waals surface area (Å²) in [6.07, 6.45) is 0. The second kappa shape index (κ2) is 9.95. The molecular weight excluding hydrogens is 71.8 g/mol. The molecular formula is H6BNOP. The molecule has 0 spiro atoms. The third-order valence-electron chi connectivity index (χ3n) is 0. The van der Waals surface area contributed by atoms with E-state index in [2.05, 4.69) is 0 Å². The van der Waals surface area contributed by atoms with Gasteiger partial charge in [0.05, 0.1) is 0 Å². The molecule has 0 amide bonds. The van der Waals surface area contributed by atoms with Crippen molar-refractivity contribution in [3.8, 4) is 0 Å². The van der Waals surface area contributed by atoms with Crippen molar-refractivity contribution in [1.29, 1.82) is 0 Å². The first-order chi connectivity index (χ1) is 1.41. The van der Waals surface area contributed by atoms with Crippen LogP contribution in [0, 0.1) is 0 Å². The molecule has 0 fully saturated rings. The van der Waals surface area contributed by atoms with Crippen LogP contribution in [0.3, 0.4) is 0 Å². The average Bonchev–Trinajstić information content (AvgIpc) is 0.918. The maximum absolute atomic E-state index is 8.96. The van der Waals surface area contributed by atoms with Gasteiger partial charge in [-0.3, -0.25) is 0 Å². The van der Waals surface area contributed by atoms with Gasteiger partial charge in [-0.2, -0.15) is 0 Å². The van der Waals surface area contributed by atoms with Crippen LogP contribution in [0.15, 0.2) is 0 Å². The highest BCUT2D eigenvalue weighted by Crippen LogP contribution is 1.83. The van der Waals surface area contributed by atoms with Crippen molar-refractivity contribution in [1.82, 2.24) is 6.15 Å². The van der Waals surface area contributed by atoms with Crippen LogP contribution in [-0.4, -0.2) is 7.57 Å². The second-order valence-electron chi connectivity index (χ2n) is 0.204. The summed E-state index contributed by atoms with van der Waals surface area (Å²) >= 11 is 0. The predicted octanol–water partition coefficient (Wildman–Crippen LogP) is -0.280. The maximum atomic E-state index is 8.96. The highest BCUT2D eigenvalue weighted by atomic mass is 31.1. The fraction of sp³-hybridized carbons (Fsp3) is 0. The van der Waals surface area contributed by atoms with Gasteiger partial charge in [0.15, 0.2) is 7.57 Å². The highest BCUT2D eigenvalue weighted by Gasteiger charge is 1.42. The Hall–Kier alpha value is 0.415. The largest absolute Gasteiger partial charge is 0.344 e. The smallest absolute Gasteiger partial charge is 0.169 e. The van der Waals surface area contributed by atoms with Gasteiger partial charge in [-0.1, -0.05) is 0 Å². The average molecular weight is 77.8 g/mol. The van der Waals surface area contributed by atoms with Crippen molar-refractivity contribution in [2.45, 2.75) is 0 Å². The van der Waals surface area contributed by atoms with E-state index in [-0.39, 0.29) is 14.8 Å². The summed E-state index contributed by atoms with van der Waals surface area (Å²) in [5.74, 6) is 0. The molecule has 4 heavy (non-hydrogen) atoms. The summed E-state index contributed by atoms with van der Waals surface area (Å²) in [4.78, 5) is 8.96. The lowest BCUT2D eigenvalue weighted by Gasteiger charge is -1.44. The molecule has 0 aromatic carbocycles. The number of hydrogen-bond donors (Lipinski definition) is 1. The third kappa shape index (κ3) is 28.1. The summed E-state index contributed by atoms with van der Waals surface area (Å²) < 4.78 is 0. The lowest BCUT2D eigenvalue weighted by molar-refractivity contribution is 0.525. The Morgan fingerprint density at radius 2 is 1.75 bits per heavy atom. The van der Waals surface area contributed by atoms with Crippen LogP contribution < -0.4 is 6.15 Å². The van der Waals surface area contributed by atoms with Gasteiger partial charge in [-0.15, -0.1) is 0 Å². The minimum absolute atomic E-state index is 0. The minimum Gasteiger partial charge on any atom is -0.344 e. The van der Waals surface area contributed by atoms with E-state index in [4.69, 9.17) is 4.89 Å². The van der Waals surface area contributed by atoms with Crippen LogP contribution in [-0.2, 0) is 4.89 Å². The zero-order chi connectivity index (χ0) is 2.71. The minimum atomic E-state index is -0.167. The van der Waals surface area contributed by atoms with Crippen LogP contribution in [0.5, 0.6) is 0 Å². The highest BCUT2D eigenvalue weighted by molar-refractivity contribution is 7.60. The normalized spacial score (nSPS) is 7.25. The lowest BCUT2D eigenvalue weighted by Crippen LogP contribution is -1.23. The summed E-state index contributed by atoms with van der Waals surface area (Å²) in [6, 6.07) is 0. The van der Waals surface area contributed by atoms with E-state index >= 15 is 0 Å². The molecule has 0 heterocycles. The van der Waals surface area contributed by atoms with Gasteiger partial charge in [0.1, 0.15) is 0 Å². The molecule has 3 N–H and O–H groups in total. The van der Waals surface area contributed by atoms with Crippen LogP contribution in [0.25, 0.3) is 0 Å². The standard InChI is InChI=1S/BH3OP.H3N/c1-3-2;/h3H,1H2;1H3. The van der Waals surface area contributed by atoms with Crippen LogP contribution in [0.4, 0.5) is 0 Å². The van der Waals surface area contributed by atoms with Gasteiger partial charge < -0.3 is 6.15 Å². The number of rotatable bonds is 0. The monoisotopic (exact) mass is 78.0 g/mol. The lowest BCUT2D eigenvalue weighted by atomic mass is 10.8. The van der Waals surface area contributed by atoms with E-state index in [0.29, 0.717) is 0 Å². The van der Waals surface area contributed by atoms with Crippen molar-refractivity contribution < 1.29 is 4.89 Å². The number of hydrogen-bond acceptors (Lipinski definition) is 1. The van der Waals surface area contributed by atoms with E-state index in [9.17, 15) is 0 Å². The molecule has 1 radical (unpaired) electrons. The zero-order valence-electron chi connectivity index (χ0n) is 2.62. The summed E-state index contributed by atoms with van der Waals surface area (Å²) in [5, 5.41) is 0. The Kier molecular flexibility index (Phi) is 22.0. The maximum Gasteiger partial charge on any atom is 0.169 e. The second-order valence-corrected chi connectivity index (χ2v) is 0.612. The molecule has 4 heteroatoms. The summed E-state index contributed by atoms with van der Waals surface area (Å²) in [5.41, 5.74) is 0. The van der Waals surface area contributed by atoms with E-state index in [1.165, 1.54) is 0 Å². The van der Waals surface area contributed by atoms with Crippen molar-refractivity contribution in [2.24, 2.45) is 0 Å². The molecule has 0 aliphatic heterocycles. The van der Waals surface area contributed by atoms with Crippen LogP contribution in [0.2, 0.25) is 0 Å². The molecule has 25 valence electrons. The molecule has 1 unspecified atom stereocenters. The summed E-state index contributed by atoms with van der Waals surface area (Å²) in [7, 11) is 1.43. The van der Waals surface area contributed by atoms with Crippen molar-refractivity contribution >= 4 is 16.3 Å². The van der Waals surface area contributed by atoms with Gasteiger partial charge in [0.2, 0.25) is 0 Å². The Balaban J connectivity index is 0. The van der Waals surface area contributed by atoms with Gasteiger partial charge in [-0.05, 0) is 0 Å². The molecule has 0 rings (SSSR count). The molecule has 0 aromatic heterocycles. The van der Waals surface area contributed by atoms with E-state index < -0.39 is 0 Å². The van der Waals surface area contributed by atoms with Gasteiger partial charge >= 0.3 is 0 Å². The molecule has 1 atom stereocenters. The molecule has 0 saturated carbocycles.